The van der Waals surface area contributed by atoms with Gasteiger partial charge in [-0.25, -0.2) is 0 Å². The predicted octanol–water partition coefficient (Wildman–Crippen LogP) is 4.03. The Kier molecular flexibility index (Phi) is 4.49. The van der Waals surface area contributed by atoms with Gasteiger partial charge in [0.1, 0.15) is 6.10 Å². The number of nitrogens with zero attached hydrogens (tertiary/aromatic N) is 2. The van der Waals surface area contributed by atoms with E-state index in [4.69, 9.17) is 16.3 Å². The van der Waals surface area contributed by atoms with Crippen LogP contribution in [0.3, 0.4) is 0 Å². The number of aliphatic hydroxyl groups is 2. The van der Waals surface area contributed by atoms with Gasteiger partial charge in [0, 0.05) is 17.3 Å². The van der Waals surface area contributed by atoms with Gasteiger partial charge < -0.3 is 19.8 Å². The van der Waals surface area contributed by atoms with Crippen molar-refractivity contribution in [3.63, 3.8) is 0 Å². The van der Waals surface area contributed by atoms with Crippen LogP contribution in [-0.2, 0) is 4.74 Å². The van der Waals surface area contributed by atoms with Gasteiger partial charge in [-0.3, -0.25) is 5.10 Å². The van der Waals surface area contributed by atoms with Crippen molar-refractivity contribution in [2.75, 3.05) is 14.1 Å². The third-order valence-electron chi connectivity index (χ3n) is 10.4. The number of fused-ring (bicyclic) bond motifs is 2. The summed E-state index contributed by atoms with van der Waals surface area (Å²) in [5.74, 6) is 0.257. The monoisotopic (exact) mass is 495 g/mol. The molecule has 8 unspecified atom stereocenters. The summed E-state index contributed by atoms with van der Waals surface area (Å²) >= 11 is 7.53. The van der Waals surface area contributed by atoms with E-state index in [2.05, 4.69) is 47.5 Å². The van der Waals surface area contributed by atoms with Crippen molar-refractivity contribution < 1.29 is 14.9 Å². The zero-order valence-electron chi connectivity index (χ0n) is 20.6. The fourth-order valence-electron chi connectivity index (χ4n) is 8.53. The van der Waals surface area contributed by atoms with Gasteiger partial charge in [-0.15, -0.1) is 11.6 Å². The number of halogens is 1. The number of rotatable bonds is 2. The molecule has 5 aliphatic rings. The van der Waals surface area contributed by atoms with Gasteiger partial charge in [0.05, 0.1) is 33.9 Å². The maximum atomic E-state index is 11.2. The van der Waals surface area contributed by atoms with Crippen LogP contribution in [0, 0.1) is 11.3 Å². The van der Waals surface area contributed by atoms with Crippen LogP contribution in [0.2, 0.25) is 0 Å². The number of H-pyrrole nitrogens is 1. The second-order valence-electron chi connectivity index (χ2n) is 12.1. The number of aromatic amines is 1. The molecule has 3 heterocycles. The van der Waals surface area contributed by atoms with Crippen LogP contribution < -0.4 is 0 Å². The van der Waals surface area contributed by atoms with Crippen LogP contribution in [0.5, 0.6) is 0 Å². The first-order valence-electron chi connectivity index (χ1n) is 12.9. The van der Waals surface area contributed by atoms with Crippen molar-refractivity contribution in [3.8, 4) is 0 Å². The summed E-state index contributed by atoms with van der Waals surface area (Å²) in [6.45, 7) is 2.40. The average molecular weight is 496 g/mol. The molecule has 2 aromatic rings. The van der Waals surface area contributed by atoms with Crippen molar-refractivity contribution in [2.24, 2.45) is 11.3 Å². The lowest BCUT2D eigenvalue weighted by molar-refractivity contribution is -0.199. The number of alkyl halides is 1. The molecule has 6 nitrogen and oxygen atoms in total. The van der Waals surface area contributed by atoms with Gasteiger partial charge in [0.15, 0.2) is 0 Å². The molecule has 1 aromatic carbocycles. The van der Waals surface area contributed by atoms with Gasteiger partial charge in [-0.1, -0.05) is 31.2 Å². The molecule has 3 fully saturated rings. The van der Waals surface area contributed by atoms with E-state index < -0.39 is 28.3 Å². The molecule has 0 radical (unpaired) electrons. The first-order valence-corrected chi connectivity index (χ1v) is 13.3. The molecule has 8 atom stereocenters. The molecule has 2 aliphatic heterocycles. The number of ether oxygens (including phenoxy) is 1. The highest BCUT2D eigenvalue weighted by atomic mass is 35.5. The molecule has 35 heavy (non-hydrogen) atoms. The standard InChI is InChI=1S/C28H34ClN3O3/c1-25-8-10-27(29)13-19-23(33)24(34)21(32(2)3)14-26(19)9-11-28(27,35-26)22(25)7-6-18(25)16-4-5-17-15-30-31-20(17)12-16/h4-6,12-13,15,21-24,33-34H,7-11,14H2,1-3H3,(H,30,31). The molecule has 3 N–H and O–H groups in total. The molecule has 186 valence electrons. The van der Waals surface area contributed by atoms with Crippen molar-refractivity contribution in [1.82, 2.24) is 15.1 Å². The molecular formula is C28H34ClN3O3. The molecule has 2 spiro atoms. The van der Waals surface area contributed by atoms with E-state index in [0.29, 0.717) is 6.42 Å². The highest BCUT2D eigenvalue weighted by Crippen LogP contribution is 2.71. The molecule has 3 aliphatic carbocycles. The third kappa shape index (κ3) is 2.67. The first-order chi connectivity index (χ1) is 16.6. The quantitative estimate of drug-likeness (QED) is 0.433. The smallest absolute Gasteiger partial charge is 0.105 e. The molecule has 1 saturated heterocycles. The van der Waals surface area contributed by atoms with E-state index in [1.54, 1.807) is 0 Å². The lowest BCUT2D eigenvalue weighted by atomic mass is 9.54. The van der Waals surface area contributed by atoms with Gasteiger partial charge in [-0.05, 0) is 80.8 Å². The summed E-state index contributed by atoms with van der Waals surface area (Å²) in [4.78, 5) is 1.34. The van der Waals surface area contributed by atoms with Crippen molar-refractivity contribution >= 4 is 28.1 Å². The predicted molar refractivity (Wildman–Crippen MR) is 136 cm³/mol. The highest BCUT2D eigenvalue weighted by molar-refractivity contribution is 6.26. The van der Waals surface area contributed by atoms with E-state index >= 15 is 0 Å². The van der Waals surface area contributed by atoms with Crippen LogP contribution in [0.15, 0.2) is 42.1 Å². The summed E-state index contributed by atoms with van der Waals surface area (Å²) in [5, 5.41) is 30.6. The van der Waals surface area contributed by atoms with Crippen LogP contribution >= 0.6 is 11.6 Å². The Morgan fingerprint density at radius 1 is 1.17 bits per heavy atom. The second-order valence-corrected chi connectivity index (χ2v) is 12.8. The number of aliphatic hydroxyl groups excluding tert-OH is 2. The SMILES string of the molecule is CN(C)C1CC23CCC4(O2)C2CC=C(c5ccc6cn[nH]c6c5)C2(C)CCC4(Cl)C=C3C(O)C1O. The number of benzene rings is 1. The topological polar surface area (TPSA) is 81.6 Å². The molecule has 7 heteroatoms. The molecule has 2 bridgehead atoms. The van der Waals surface area contributed by atoms with E-state index in [-0.39, 0.29) is 17.4 Å². The van der Waals surface area contributed by atoms with E-state index in [0.717, 1.165) is 48.6 Å². The first kappa shape index (κ1) is 22.5. The minimum absolute atomic E-state index is 0.0449. The summed E-state index contributed by atoms with van der Waals surface area (Å²) in [5.41, 5.74) is 3.41. The molecular weight excluding hydrogens is 462 g/mol. The van der Waals surface area contributed by atoms with Gasteiger partial charge in [-0.2, -0.15) is 5.10 Å². The van der Waals surface area contributed by atoms with Crippen LogP contribution in [0.4, 0.5) is 0 Å². The number of allylic oxidation sites excluding steroid dienone is 2. The summed E-state index contributed by atoms with van der Waals surface area (Å²) in [7, 11) is 3.93. The Hall–Kier alpha value is -1.70. The number of hydrogen-bond donors (Lipinski definition) is 3. The van der Waals surface area contributed by atoms with Gasteiger partial charge >= 0.3 is 0 Å². The fraction of sp³-hybridized carbons (Fsp3) is 0.607. The molecule has 1 aromatic heterocycles. The summed E-state index contributed by atoms with van der Waals surface area (Å²) in [6.07, 6.45) is 9.67. The fourth-order valence-corrected chi connectivity index (χ4v) is 9.01. The largest absolute Gasteiger partial charge is 0.388 e. The van der Waals surface area contributed by atoms with E-state index in [9.17, 15) is 10.2 Å². The van der Waals surface area contributed by atoms with Crippen molar-refractivity contribution in [1.29, 1.82) is 0 Å². The maximum absolute atomic E-state index is 11.2. The number of hydrogen-bond acceptors (Lipinski definition) is 5. The van der Waals surface area contributed by atoms with E-state index in [1.807, 2.05) is 25.2 Å². The molecule has 0 amide bonds. The minimum atomic E-state index is -0.949. The molecule has 2 saturated carbocycles. The lowest BCUT2D eigenvalue weighted by Crippen LogP contribution is -2.68. The maximum Gasteiger partial charge on any atom is 0.105 e. The number of likely N-dealkylation sites (N-methyl/N-ethyl adjacent to an activating group) is 1. The van der Waals surface area contributed by atoms with E-state index in [1.165, 1.54) is 11.1 Å². The van der Waals surface area contributed by atoms with Crippen molar-refractivity contribution in [2.45, 2.75) is 79.8 Å². The van der Waals surface area contributed by atoms with Crippen molar-refractivity contribution in [3.05, 3.63) is 47.7 Å². The van der Waals surface area contributed by atoms with Crippen LogP contribution in [0.1, 0.15) is 51.0 Å². The highest BCUT2D eigenvalue weighted by Gasteiger charge is 2.73. The molecule has 7 rings (SSSR count). The number of nitrogens with one attached hydrogen (secondary N) is 1. The minimum Gasteiger partial charge on any atom is -0.388 e. The van der Waals surface area contributed by atoms with Gasteiger partial charge in [0.25, 0.3) is 0 Å². The Balaban J connectivity index is 1.31. The van der Waals surface area contributed by atoms with Crippen LogP contribution in [-0.4, -0.2) is 73.7 Å². The zero-order chi connectivity index (χ0) is 24.4. The Morgan fingerprint density at radius 2 is 2.00 bits per heavy atom. The van der Waals surface area contributed by atoms with Gasteiger partial charge in [0.2, 0.25) is 0 Å². The zero-order valence-corrected chi connectivity index (χ0v) is 21.3. The Morgan fingerprint density at radius 3 is 2.80 bits per heavy atom. The third-order valence-corrected chi connectivity index (χ3v) is 11.0. The average Bonchev–Trinajstić information content (AvgIpc) is 3.52. The second kappa shape index (κ2) is 6.99. The lowest BCUT2D eigenvalue weighted by Gasteiger charge is -2.61. The normalized spacial score (nSPS) is 46.3. The summed E-state index contributed by atoms with van der Waals surface area (Å²) in [6, 6.07) is 6.42. The van der Waals surface area contributed by atoms with Crippen LogP contribution in [0.25, 0.3) is 16.5 Å². The Bertz CT molecular complexity index is 1290. The Labute approximate surface area is 211 Å². The summed E-state index contributed by atoms with van der Waals surface area (Å²) < 4.78 is 7.26. The number of aromatic nitrogens is 2.